The van der Waals surface area contributed by atoms with Gasteiger partial charge in [0, 0.05) is 0 Å². The normalized spacial score (nSPS) is 9.00. The maximum atomic E-state index is 5.23. The standard InChI is InChI=1S/C3H5N5/c4-2-1-6-8-7-3(2)5/h1H,(H2,4,8)(H2,5,6,7). The second kappa shape index (κ2) is 1.61. The molecule has 0 saturated heterocycles. The Morgan fingerprint density at radius 2 is 2.12 bits per heavy atom. The van der Waals surface area contributed by atoms with Crippen LogP contribution in [0.3, 0.4) is 0 Å². The fourth-order valence-corrected chi connectivity index (χ4v) is 0.286. The predicted molar refractivity (Wildman–Crippen MR) is 28.7 cm³/mol. The monoisotopic (exact) mass is 111 g/mol. The van der Waals surface area contributed by atoms with Gasteiger partial charge in [0.05, 0.1) is 11.9 Å². The minimum absolute atomic E-state index is 0.222. The summed E-state index contributed by atoms with van der Waals surface area (Å²) in [6.45, 7) is 0. The van der Waals surface area contributed by atoms with Crippen LogP contribution in [0.15, 0.2) is 6.20 Å². The van der Waals surface area contributed by atoms with Gasteiger partial charge in [0.15, 0.2) is 5.82 Å². The molecule has 5 nitrogen and oxygen atoms in total. The van der Waals surface area contributed by atoms with Crippen LogP contribution in [-0.4, -0.2) is 15.4 Å². The van der Waals surface area contributed by atoms with Gasteiger partial charge >= 0.3 is 0 Å². The zero-order chi connectivity index (χ0) is 5.98. The van der Waals surface area contributed by atoms with Crippen LogP contribution in [-0.2, 0) is 0 Å². The Balaban J connectivity index is 3.13. The molecule has 1 heterocycles. The van der Waals surface area contributed by atoms with Crippen molar-refractivity contribution in [3.05, 3.63) is 6.20 Å². The summed E-state index contributed by atoms with van der Waals surface area (Å²) >= 11 is 0. The number of hydrogen-bond acceptors (Lipinski definition) is 5. The first kappa shape index (κ1) is 4.76. The highest BCUT2D eigenvalue weighted by atomic mass is 15.3. The molecule has 8 heavy (non-hydrogen) atoms. The SMILES string of the molecule is Nc1cnnnc1N. The van der Waals surface area contributed by atoms with E-state index in [2.05, 4.69) is 15.4 Å². The van der Waals surface area contributed by atoms with Gasteiger partial charge in [-0.2, -0.15) is 0 Å². The molecule has 0 aliphatic carbocycles. The average Bonchev–Trinajstić information content (AvgIpc) is 1.77. The van der Waals surface area contributed by atoms with E-state index in [0.717, 1.165) is 0 Å². The number of rotatable bonds is 0. The number of anilines is 2. The Labute approximate surface area is 45.7 Å². The van der Waals surface area contributed by atoms with E-state index in [1.165, 1.54) is 6.20 Å². The van der Waals surface area contributed by atoms with Crippen molar-refractivity contribution < 1.29 is 0 Å². The first-order valence-electron chi connectivity index (χ1n) is 2.00. The predicted octanol–water partition coefficient (Wildman–Crippen LogP) is -0.964. The molecule has 0 amide bonds. The third-order valence-corrected chi connectivity index (χ3v) is 0.697. The maximum absolute atomic E-state index is 5.23. The molecule has 0 bridgehead atoms. The van der Waals surface area contributed by atoms with Gasteiger partial charge in [0.25, 0.3) is 0 Å². The van der Waals surface area contributed by atoms with Gasteiger partial charge in [-0.05, 0) is 5.21 Å². The molecule has 4 N–H and O–H groups in total. The van der Waals surface area contributed by atoms with Crippen molar-refractivity contribution in [2.45, 2.75) is 0 Å². The summed E-state index contributed by atoms with van der Waals surface area (Å²) < 4.78 is 0. The summed E-state index contributed by atoms with van der Waals surface area (Å²) in [5, 5.41) is 9.99. The Kier molecular flexibility index (Phi) is 0.957. The second-order valence-electron chi connectivity index (χ2n) is 1.27. The van der Waals surface area contributed by atoms with E-state index >= 15 is 0 Å². The lowest BCUT2D eigenvalue weighted by atomic mass is 10.5. The van der Waals surface area contributed by atoms with Crippen LogP contribution >= 0.6 is 0 Å². The first-order valence-corrected chi connectivity index (χ1v) is 2.00. The molecule has 0 unspecified atom stereocenters. The van der Waals surface area contributed by atoms with Gasteiger partial charge in [0.2, 0.25) is 0 Å². The lowest BCUT2D eigenvalue weighted by Gasteiger charge is -1.90. The van der Waals surface area contributed by atoms with Gasteiger partial charge in [-0.15, -0.1) is 10.2 Å². The Bertz CT molecular complexity index is 164. The van der Waals surface area contributed by atoms with E-state index in [1.54, 1.807) is 0 Å². The third kappa shape index (κ3) is 0.651. The third-order valence-electron chi connectivity index (χ3n) is 0.697. The van der Waals surface area contributed by atoms with Crippen molar-refractivity contribution in [1.29, 1.82) is 0 Å². The van der Waals surface area contributed by atoms with Crippen molar-refractivity contribution in [2.24, 2.45) is 0 Å². The number of nitrogens with zero attached hydrogens (tertiary/aromatic N) is 3. The second-order valence-corrected chi connectivity index (χ2v) is 1.27. The largest absolute Gasteiger partial charge is 0.394 e. The van der Waals surface area contributed by atoms with E-state index in [0.29, 0.717) is 5.69 Å². The van der Waals surface area contributed by atoms with Crippen LogP contribution in [0.4, 0.5) is 11.5 Å². The molecule has 1 aromatic heterocycles. The molecule has 0 radical (unpaired) electrons. The molecule has 0 aliphatic rings. The molecule has 0 saturated carbocycles. The lowest BCUT2D eigenvalue weighted by molar-refractivity contribution is 0.876. The number of nitrogen functional groups attached to an aromatic ring is 2. The molecule has 1 rings (SSSR count). The van der Waals surface area contributed by atoms with Gasteiger partial charge in [-0.1, -0.05) is 0 Å². The quantitative estimate of drug-likeness (QED) is 0.449. The summed E-state index contributed by atoms with van der Waals surface area (Å²) in [6, 6.07) is 0. The van der Waals surface area contributed by atoms with E-state index in [4.69, 9.17) is 11.5 Å². The van der Waals surface area contributed by atoms with Gasteiger partial charge in [0.1, 0.15) is 0 Å². The summed E-state index contributed by atoms with van der Waals surface area (Å²) in [4.78, 5) is 0. The van der Waals surface area contributed by atoms with Crippen molar-refractivity contribution >= 4 is 11.5 Å². The summed E-state index contributed by atoms with van der Waals surface area (Å²) in [6.07, 6.45) is 1.35. The van der Waals surface area contributed by atoms with Gasteiger partial charge < -0.3 is 11.5 Å². The Morgan fingerprint density at radius 3 is 2.50 bits per heavy atom. The van der Waals surface area contributed by atoms with E-state index in [-0.39, 0.29) is 5.82 Å². The van der Waals surface area contributed by atoms with Crippen LogP contribution in [0.1, 0.15) is 0 Å². The highest BCUT2D eigenvalue weighted by molar-refractivity contribution is 5.54. The molecule has 0 aromatic carbocycles. The van der Waals surface area contributed by atoms with Crippen molar-refractivity contribution in [1.82, 2.24) is 15.4 Å². The summed E-state index contributed by atoms with van der Waals surface area (Å²) in [5.74, 6) is 0.222. The van der Waals surface area contributed by atoms with Crippen LogP contribution in [0.2, 0.25) is 0 Å². The summed E-state index contributed by atoms with van der Waals surface area (Å²) in [5.41, 5.74) is 10.8. The number of aromatic nitrogens is 3. The highest BCUT2D eigenvalue weighted by Gasteiger charge is 1.90. The van der Waals surface area contributed by atoms with Crippen LogP contribution in [0, 0.1) is 0 Å². The molecule has 5 heteroatoms. The first-order chi connectivity index (χ1) is 3.80. The molecule has 1 aromatic rings. The van der Waals surface area contributed by atoms with Gasteiger partial charge in [-0.3, -0.25) is 0 Å². The molecule has 42 valence electrons. The molecule has 0 fully saturated rings. The molecule has 0 atom stereocenters. The number of hydrogen-bond donors (Lipinski definition) is 2. The topological polar surface area (TPSA) is 90.7 Å². The fourth-order valence-electron chi connectivity index (χ4n) is 0.286. The van der Waals surface area contributed by atoms with Crippen molar-refractivity contribution in [3.8, 4) is 0 Å². The molecular weight excluding hydrogens is 106 g/mol. The maximum Gasteiger partial charge on any atom is 0.172 e. The Morgan fingerprint density at radius 1 is 1.38 bits per heavy atom. The van der Waals surface area contributed by atoms with E-state index in [1.807, 2.05) is 0 Å². The lowest BCUT2D eigenvalue weighted by Crippen LogP contribution is -2.00. The minimum atomic E-state index is 0.222. The minimum Gasteiger partial charge on any atom is -0.394 e. The van der Waals surface area contributed by atoms with Crippen LogP contribution in [0.5, 0.6) is 0 Å². The smallest absolute Gasteiger partial charge is 0.172 e. The van der Waals surface area contributed by atoms with Crippen molar-refractivity contribution in [2.75, 3.05) is 11.5 Å². The molecule has 0 spiro atoms. The molecule has 0 aliphatic heterocycles. The fraction of sp³-hybridized carbons (Fsp3) is 0. The van der Waals surface area contributed by atoms with Crippen molar-refractivity contribution in [3.63, 3.8) is 0 Å². The average molecular weight is 111 g/mol. The van der Waals surface area contributed by atoms with Gasteiger partial charge in [-0.25, -0.2) is 0 Å². The Hall–Kier alpha value is -1.39. The van der Waals surface area contributed by atoms with Crippen LogP contribution < -0.4 is 11.5 Å². The van der Waals surface area contributed by atoms with E-state index in [9.17, 15) is 0 Å². The zero-order valence-electron chi connectivity index (χ0n) is 4.07. The summed E-state index contributed by atoms with van der Waals surface area (Å²) in [7, 11) is 0. The van der Waals surface area contributed by atoms with E-state index < -0.39 is 0 Å². The highest BCUT2D eigenvalue weighted by Crippen LogP contribution is 2.02. The number of nitrogens with two attached hydrogens (primary N) is 2. The van der Waals surface area contributed by atoms with Crippen LogP contribution in [0.25, 0.3) is 0 Å². The zero-order valence-corrected chi connectivity index (χ0v) is 4.07. The molecular formula is C3H5N5.